The summed E-state index contributed by atoms with van der Waals surface area (Å²) in [5.74, 6) is 0.391. The van der Waals surface area contributed by atoms with E-state index in [9.17, 15) is 4.79 Å². The number of nitrogens with two attached hydrogens (primary N) is 1. The molecule has 0 bridgehead atoms. The van der Waals surface area contributed by atoms with Gasteiger partial charge in [-0.15, -0.1) is 0 Å². The monoisotopic (exact) mass is 222 g/mol. The van der Waals surface area contributed by atoms with Gasteiger partial charge in [-0.2, -0.15) is 0 Å². The van der Waals surface area contributed by atoms with Gasteiger partial charge in [0.2, 0.25) is 0 Å². The molecule has 0 radical (unpaired) electrons. The Bertz CT molecular complexity index is 348. The number of likely N-dealkylation sites (N-methyl/N-ethyl adjacent to an activating group) is 2. The van der Waals surface area contributed by atoms with E-state index in [0.717, 1.165) is 6.54 Å². The SMILES string of the molecule is CN(C)CCN(C)C(=O)c1ccc(N)nc1. The Morgan fingerprint density at radius 2 is 2.00 bits per heavy atom. The van der Waals surface area contributed by atoms with E-state index in [1.807, 2.05) is 19.0 Å². The molecule has 1 rings (SSSR count). The lowest BCUT2D eigenvalue weighted by Crippen LogP contribution is -2.33. The molecule has 1 aromatic heterocycles. The third-order valence-electron chi connectivity index (χ3n) is 2.26. The smallest absolute Gasteiger partial charge is 0.255 e. The van der Waals surface area contributed by atoms with Crippen LogP contribution in [0.25, 0.3) is 0 Å². The van der Waals surface area contributed by atoms with Gasteiger partial charge in [0.1, 0.15) is 5.82 Å². The van der Waals surface area contributed by atoms with E-state index in [0.29, 0.717) is 17.9 Å². The van der Waals surface area contributed by atoms with Gasteiger partial charge >= 0.3 is 0 Å². The zero-order valence-corrected chi connectivity index (χ0v) is 9.97. The van der Waals surface area contributed by atoms with Crippen LogP contribution in [0.1, 0.15) is 10.4 Å². The molecule has 0 unspecified atom stereocenters. The van der Waals surface area contributed by atoms with Crippen molar-refractivity contribution in [3.8, 4) is 0 Å². The number of amides is 1. The Hall–Kier alpha value is -1.62. The van der Waals surface area contributed by atoms with Crippen LogP contribution < -0.4 is 5.73 Å². The maximum Gasteiger partial charge on any atom is 0.255 e. The van der Waals surface area contributed by atoms with Crippen LogP contribution in [0.2, 0.25) is 0 Å². The highest BCUT2D eigenvalue weighted by molar-refractivity contribution is 5.93. The maximum atomic E-state index is 11.9. The minimum Gasteiger partial charge on any atom is -0.384 e. The summed E-state index contributed by atoms with van der Waals surface area (Å²) in [6, 6.07) is 3.32. The third-order valence-corrected chi connectivity index (χ3v) is 2.26. The Morgan fingerprint density at radius 1 is 1.31 bits per heavy atom. The van der Waals surface area contributed by atoms with Crippen LogP contribution in [0.4, 0.5) is 5.82 Å². The zero-order chi connectivity index (χ0) is 12.1. The van der Waals surface area contributed by atoms with E-state index >= 15 is 0 Å². The van der Waals surface area contributed by atoms with Crippen LogP contribution in [0.15, 0.2) is 18.3 Å². The van der Waals surface area contributed by atoms with Crippen molar-refractivity contribution in [3.05, 3.63) is 23.9 Å². The Kier molecular flexibility index (Phi) is 4.25. The van der Waals surface area contributed by atoms with Crippen molar-refractivity contribution in [1.82, 2.24) is 14.8 Å². The molecule has 1 aromatic rings. The number of nitrogen functional groups attached to an aromatic ring is 1. The molecule has 0 atom stereocenters. The summed E-state index contributed by atoms with van der Waals surface area (Å²) in [7, 11) is 5.73. The first-order chi connectivity index (χ1) is 7.50. The molecule has 1 amide bonds. The van der Waals surface area contributed by atoms with Gasteiger partial charge in [0, 0.05) is 26.3 Å². The van der Waals surface area contributed by atoms with E-state index in [2.05, 4.69) is 4.98 Å². The molecule has 16 heavy (non-hydrogen) atoms. The van der Waals surface area contributed by atoms with Crippen LogP contribution in [-0.4, -0.2) is 54.9 Å². The van der Waals surface area contributed by atoms with Crippen molar-refractivity contribution >= 4 is 11.7 Å². The molecule has 0 fully saturated rings. The predicted octanol–water partition coefficient (Wildman–Crippen LogP) is 0.297. The number of hydrogen-bond acceptors (Lipinski definition) is 4. The normalized spacial score (nSPS) is 10.5. The zero-order valence-electron chi connectivity index (χ0n) is 9.97. The number of pyridine rings is 1. The summed E-state index contributed by atoms with van der Waals surface area (Å²) in [6.07, 6.45) is 1.50. The van der Waals surface area contributed by atoms with Gasteiger partial charge in [-0.25, -0.2) is 4.98 Å². The predicted molar refractivity (Wildman–Crippen MR) is 64.2 cm³/mol. The molecule has 0 spiro atoms. The number of nitrogens with zero attached hydrogens (tertiary/aromatic N) is 3. The molecule has 0 aliphatic carbocycles. The van der Waals surface area contributed by atoms with Crippen molar-refractivity contribution in [2.24, 2.45) is 0 Å². The minimum absolute atomic E-state index is 0.0330. The number of carbonyl (C=O) groups is 1. The molecule has 88 valence electrons. The molecule has 0 aliphatic rings. The van der Waals surface area contributed by atoms with Gasteiger partial charge in [0.25, 0.3) is 5.91 Å². The quantitative estimate of drug-likeness (QED) is 0.795. The molecular weight excluding hydrogens is 204 g/mol. The standard InChI is InChI=1S/C11H18N4O/c1-14(2)6-7-15(3)11(16)9-4-5-10(12)13-8-9/h4-5,8H,6-7H2,1-3H3,(H2,12,13). The lowest BCUT2D eigenvalue weighted by atomic mass is 10.2. The Balaban J connectivity index is 2.60. The van der Waals surface area contributed by atoms with Gasteiger partial charge < -0.3 is 15.5 Å². The fourth-order valence-corrected chi connectivity index (χ4v) is 1.20. The van der Waals surface area contributed by atoms with Gasteiger partial charge in [-0.1, -0.05) is 0 Å². The lowest BCUT2D eigenvalue weighted by molar-refractivity contribution is 0.0786. The summed E-state index contributed by atoms with van der Waals surface area (Å²) in [6.45, 7) is 1.53. The van der Waals surface area contributed by atoms with Crippen LogP contribution in [0, 0.1) is 0 Å². The highest BCUT2D eigenvalue weighted by Gasteiger charge is 2.11. The number of carbonyl (C=O) groups excluding carboxylic acids is 1. The van der Waals surface area contributed by atoms with Crippen LogP contribution in [0.5, 0.6) is 0 Å². The molecule has 5 nitrogen and oxygen atoms in total. The van der Waals surface area contributed by atoms with Gasteiger partial charge in [0.15, 0.2) is 0 Å². The van der Waals surface area contributed by atoms with Crippen molar-refractivity contribution in [2.45, 2.75) is 0 Å². The van der Waals surface area contributed by atoms with E-state index < -0.39 is 0 Å². The molecule has 0 aliphatic heterocycles. The van der Waals surface area contributed by atoms with Gasteiger partial charge in [0.05, 0.1) is 5.56 Å². The first-order valence-electron chi connectivity index (χ1n) is 5.12. The number of hydrogen-bond donors (Lipinski definition) is 1. The largest absolute Gasteiger partial charge is 0.384 e. The summed E-state index contributed by atoms with van der Waals surface area (Å²) in [5, 5.41) is 0. The summed E-state index contributed by atoms with van der Waals surface area (Å²) < 4.78 is 0. The second kappa shape index (κ2) is 5.46. The maximum absolute atomic E-state index is 11.9. The highest BCUT2D eigenvalue weighted by atomic mass is 16.2. The van der Waals surface area contributed by atoms with Crippen molar-refractivity contribution in [1.29, 1.82) is 0 Å². The van der Waals surface area contributed by atoms with Crippen molar-refractivity contribution in [2.75, 3.05) is 40.0 Å². The Morgan fingerprint density at radius 3 is 2.50 bits per heavy atom. The van der Waals surface area contributed by atoms with Crippen LogP contribution in [0.3, 0.4) is 0 Å². The average Bonchev–Trinajstić information content (AvgIpc) is 2.26. The van der Waals surface area contributed by atoms with Crippen LogP contribution >= 0.6 is 0 Å². The number of aromatic nitrogens is 1. The molecule has 0 saturated heterocycles. The van der Waals surface area contributed by atoms with Gasteiger partial charge in [-0.05, 0) is 26.2 Å². The van der Waals surface area contributed by atoms with E-state index in [4.69, 9.17) is 5.73 Å². The fourth-order valence-electron chi connectivity index (χ4n) is 1.20. The first-order valence-corrected chi connectivity index (χ1v) is 5.12. The molecular formula is C11H18N4O. The molecule has 0 saturated carbocycles. The second-order valence-corrected chi connectivity index (χ2v) is 4.00. The molecule has 5 heteroatoms. The summed E-state index contributed by atoms with van der Waals surface area (Å²) in [5.41, 5.74) is 6.02. The third kappa shape index (κ3) is 3.51. The van der Waals surface area contributed by atoms with Crippen molar-refractivity contribution in [3.63, 3.8) is 0 Å². The minimum atomic E-state index is -0.0330. The van der Waals surface area contributed by atoms with Crippen molar-refractivity contribution < 1.29 is 4.79 Å². The van der Waals surface area contributed by atoms with E-state index in [1.165, 1.54) is 6.20 Å². The van der Waals surface area contributed by atoms with Crippen LogP contribution in [-0.2, 0) is 0 Å². The topological polar surface area (TPSA) is 62.5 Å². The summed E-state index contributed by atoms with van der Waals surface area (Å²) in [4.78, 5) is 19.5. The second-order valence-electron chi connectivity index (χ2n) is 4.00. The molecule has 0 aromatic carbocycles. The number of rotatable bonds is 4. The molecule has 2 N–H and O–H groups in total. The lowest BCUT2D eigenvalue weighted by Gasteiger charge is -2.19. The highest BCUT2D eigenvalue weighted by Crippen LogP contribution is 2.04. The van der Waals surface area contributed by atoms with E-state index in [1.54, 1.807) is 24.1 Å². The number of anilines is 1. The first kappa shape index (κ1) is 12.4. The Labute approximate surface area is 95.9 Å². The average molecular weight is 222 g/mol. The summed E-state index contributed by atoms with van der Waals surface area (Å²) >= 11 is 0. The van der Waals surface area contributed by atoms with E-state index in [-0.39, 0.29) is 5.91 Å². The van der Waals surface area contributed by atoms with Gasteiger partial charge in [-0.3, -0.25) is 4.79 Å². The molecule has 1 heterocycles. The fraction of sp³-hybridized carbons (Fsp3) is 0.455.